The van der Waals surface area contributed by atoms with Crippen LogP contribution in [0.4, 0.5) is 0 Å². The lowest BCUT2D eigenvalue weighted by Crippen LogP contribution is -2.09. The third-order valence-corrected chi connectivity index (χ3v) is 1.92. The molecule has 1 N–H and O–H groups in total. The molecule has 0 aromatic heterocycles. The summed E-state index contributed by atoms with van der Waals surface area (Å²) < 4.78 is 0. The lowest BCUT2D eigenvalue weighted by atomic mass is 10.4. The zero-order valence-corrected chi connectivity index (χ0v) is 5.73. The van der Waals surface area contributed by atoms with Gasteiger partial charge in [-0.15, -0.1) is 0 Å². The van der Waals surface area contributed by atoms with Gasteiger partial charge in [0.2, 0.25) is 0 Å². The third-order valence-electron chi connectivity index (χ3n) is 1.92. The van der Waals surface area contributed by atoms with E-state index in [2.05, 4.69) is 25.2 Å². The van der Waals surface area contributed by atoms with Gasteiger partial charge in [0.15, 0.2) is 0 Å². The van der Waals surface area contributed by atoms with E-state index in [0.717, 1.165) is 5.92 Å². The second-order valence-corrected chi connectivity index (χ2v) is 2.34. The number of hydrogen-bond acceptors (Lipinski definition) is 1. The van der Waals surface area contributed by atoms with Gasteiger partial charge in [-0.25, -0.2) is 0 Å². The van der Waals surface area contributed by atoms with Gasteiger partial charge < -0.3 is 5.32 Å². The van der Waals surface area contributed by atoms with Crippen LogP contribution in [0, 0.1) is 5.92 Å². The number of rotatable bonds is 1. The highest BCUT2D eigenvalue weighted by atomic mass is 14.9. The van der Waals surface area contributed by atoms with Gasteiger partial charge in [0.1, 0.15) is 0 Å². The fraction of sp³-hybridized carbons (Fsp3) is 0.714. The van der Waals surface area contributed by atoms with E-state index in [1.807, 2.05) is 7.05 Å². The molecule has 1 aliphatic rings. The molecule has 0 amide bonds. The summed E-state index contributed by atoms with van der Waals surface area (Å²) in [5.74, 6) is 0.796. The highest BCUT2D eigenvalue weighted by Crippen LogP contribution is 2.36. The number of nitrogens with one attached hydrogen (secondary N) is 1. The van der Waals surface area contributed by atoms with Crippen LogP contribution in [0.25, 0.3) is 0 Å². The first-order valence-corrected chi connectivity index (χ1v) is 3.14. The smallest absolute Gasteiger partial charge is 0.0343 e. The summed E-state index contributed by atoms with van der Waals surface area (Å²) in [6.07, 6.45) is 2.20. The summed E-state index contributed by atoms with van der Waals surface area (Å²) in [7, 11) is 2.01. The molecule has 0 heterocycles. The Bertz CT molecular complexity index is 116. The van der Waals surface area contributed by atoms with Gasteiger partial charge >= 0.3 is 0 Å². The molecule has 0 bridgehead atoms. The minimum atomic E-state index is 0.694. The van der Waals surface area contributed by atoms with Gasteiger partial charge in [-0.05, 0) is 19.9 Å². The molecular formula is C7H13N. The normalized spacial score (nSPS) is 40.6. The van der Waals surface area contributed by atoms with Crippen LogP contribution in [-0.4, -0.2) is 13.1 Å². The van der Waals surface area contributed by atoms with Gasteiger partial charge in [-0.3, -0.25) is 0 Å². The molecule has 0 aromatic carbocycles. The SMILES string of the molecule is C/C=C1\C(C)C1NC. The van der Waals surface area contributed by atoms with E-state index >= 15 is 0 Å². The second kappa shape index (κ2) is 1.90. The van der Waals surface area contributed by atoms with Gasteiger partial charge in [-0.1, -0.05) is 18.6 Å². The van der Waals surface area contributed by atoms with Crippen LogP contribution >= 0.6 is 0 Å². The van der Waals surface area contributed by atoms with Crippen molar-refractivity contribution < 1.29 is 0 Å². The quantitative estimate of drug-likeness (QED) is 0.501. The molecule has 8 heavy (non-hydrogen) atoms. The largest absolute Gasteiger partial charge is 0.313 e. The van der Waals surface area contributed by atoms with Crippen molar-refractivity contribution in [3.05, 3.63) is 11.6 Å². The second-order valence-electron chi connectivity index (χ2n) is 2.34. The Labute approximate surface area is 50.8 Å². The maximum absolute atomic E-state index is 3.22. The zero-order chi connectivity index (χ0) is 6.15. The van der Waals surface area contributed by atoms with Crippen molar-refractivity contribution in [1.82, 2.24) is 5.32 Å². The van der Waals surface area contributed by atoms with Crippen molar-refractivity contribution in [2.24, 2.45) is 5.92 Å². The molecule has 46 valence electrons. The minimum Gasteiger partial charge on any atom is -0.313 e. The molecule has 1 nitrogen and oxygen atoms in total. The lowest BCUT2D eigenvalue weighted by molar-refractivity contribution is 0.749. The molecule has 0 spiro atoms. The predicted octanol–water partition coefficient (Wildman–Crippen LogP) is 1.17. The molecule has 1 aliphatic carbocycles. The van der Waals surface area contributed by atoms with Crippen molar-refractivity contribution >= 4 is 0 Å². The molecule has 1 heteroatoms. The van der Waals surface area contributed by atoms with E-state index in [-0.39, 0.29) is 0 Å². The van der Waals surface area contributed by atoms with Crippen molar-refractivity contribution in [3.8, 4) is 0 Å². The van der Waals surface area contributed by atoms with Crippen LogP contribution < -0.4 is 5.32 Å². The molecular weight excluding hydrogens is 98.1 g/mol. The number of allylic oxidation sites excluding steroid dienone is 1. The summed E-state index contributed by atoms with van der Waals surface area (Å²) in [4.78, 5) is 0. The summed E-state index contributed by atoms with van der Waals surface area (Å²) in [6, 6.07) is 0.694. The first-order chi connectivity index (χ1) is 3.81. The molecule has 0 aromatic rings. The van der Waals surface area contributed by atoms with Gasteiger partial charge in [-0.2, -0.15) is 0 Å². The Hall–Kier alpha value is -0.300. The summed E-state index contributed by atoms with van der Waals surface area (Å²) >= 11 is 0. The average Bonchev–Trinajstić information content (AvgIpc) is 2.40. The number of hydrogen-bond donors (Lipinski definition) is 1. The summed E-state index contributed by atoms with van der Waals surface area (Å²) in [5, 5.41) is 3.22. The predicted molar refractivity (Wildman–Crippen MR) is 35.8 cm³/mol. The van der Waals surface area contributed by atoms with Crippen LogP contribution in [0.2, 0.25) is 0 Å². The first kappa shape index (κ1) is 5.83. The lowest BCUT2D eigenvalue weighted by Gasteiger charge is -1.84. The Kier molecular flexibility index (Phi) is 1.39. The minimum absolute atomic E-state index is 0.694. The van der Waals surface area contributed by atoms with E-state index in [0.29, 0.717) is 6.04 Å². The van der Waals surface area contributed by atoms with Crippen molar-refractivity contribution in [1.29, 1.82) is 0 Å². The van der Waals surface area contributed by atoms with Gasteiger partial charge in [0, 0.05) is 6.04 Å². The maximum atomic E-state index is 3.22. The molecule has 0 radical (unpaired) electrons. The van der Waals surface area contributed by atoms with E-state index in [9.17, 15) is 0 Å². The van der Waals surface area contributed by atoms with Crippen LogP contribution in [0.15, 0.2) is 11.6 Å². The van der Waals surface area contributed by atoms with E-state index < -0.39 is 0 Å². The Morgan fingerprint density at radius 3 is 2.38 bits per heavy atom. The van der Waals surface area contributed by atoms with Crippen molar-refractivity contribution in [2.75, 3.05) is 7.05 Å². The van der Waals surface area contributed by atoms with E-state index in [1.54, 1.807) is 5.57 Å². The monoisotopic (exact) mass is 111 g/mol. The molecule has 2 unspecified atom stereocenters. The van der Waals surface area contributed by atoms with E-state index in [1.165, 1.54) is 0 Å². The van der Waals surface area contributed by atoms with Crippen molar-refractivity contribution in [3.63, 3.8) is 0 Å². The summed E-state index contributed by atoms with van der Waals surface area (Å²) in [6.45, 7) is 4.35. The first-order valence-electron chi connectivity index (χ1n) is 3.14. The Morgan fingerprint density at radius 1 is 1.62 bits per heavy atom. The Morgan fingerprint density at radius 2 is 2.25 bits per heavy atom. The van der Waals surface area contributed by atoms with Gasteiger partial charge in [0.05, 0.1) is 0 Å². The number of likely N-dealkylation sites (N-methyl/N-ethyl adjacent to an activating group) is 1. The molecule has 1 fully saturated rings. The standard InChI is InChI=1S/C7H13N/c1-4-6-5(2)7(6)8-3/h4-5,7-8H,1-3H3/b6-4+. The molecule has 0 aliphatic heterocycles. The van der Waals surface area contributed by atoms with Crippen LogP contribution in [0.1, 0.15) is 13.8 Å². The highest BCUT2D eigenvalue weighted by Gasteiger charge is 2.37. The zero-order valence-electron chi connectivity index (χ0n) is 5.73. The third kappa shape index (κ3) is 0.671. The Balaban J connectivity index is 2.46. The molecule has 0 saturated heterocycles. The summed E-state index contributed by atoms with van der Waals surface area (Å²) in [5.41, 5.74) is 1.56. The average molecular weight is 111 g/mol. The fourth-order valence-electron chi connectivity index (χ4n) is 1.28. The van der Waals surface area contributed by atoms with Crippen LogP contribution in [-0.2, 0) is 0 Å². The molecule has 1 rings (SSSR count). The highest BCUT2D eigenvalue weighted by molar-refractivity contribution is 5.32. The van der Waals surface area contributed by atoms with Gasteiger partial charge in [0.25, 0.3) is 0 Å². The fourth-order valence-corrected chi connectivity index (χ4v) is 1.28. The molecule has 1 saturated carbocycles. The van der Waals surface area contributed by atoms with Crippen LogP contribution in [0.5, 0.6) is 0 Å². The van der Waals surface area contributed by atoms with E-state index in [4.69, 9.17) is 0 Å². The molecule has 2 atom stereocenters. The van der Waals surface area contributed by atoms with Crippen LogP contribution in [0.3, 0.4) is 0 Å². The topological polar surface area (TPSA) is 12.0 Å². The van der Waals surface area contributed by atoms with Crippen molar-refractivity contribution in [2.45, 2.75) is 19.9 Å². The maximum Gasteiger partial charge on any atom is 0.0343 e.